The summed E-state index contributed by atoms with van der Waals surface area (Å²) in [5, 5.41) is 0. The fourth-order valence-electron chi connectivity index (χ4n) is 3.04. The maximum atomic E-state index is 11.5. The molecule has 0 aliphatic rings. The van der Waals surface area contributed by atoms with Crippen LogP contribution in [-0.2, 0) is 28.9 Å². The number of hydrogen-bond donors (Lipinski definition) is 0. The van der Waals surface area contributed by atoms with Crippen molar-refractivity contribution in [2.45, 2.75) is 25.8 Å². The van der Waals surface area contributed by atoms with Gasteiger partial charge < -0.3 is 9.30 Å². The molecular weight excluding hydrogens is 310 g/mol. The molecule has 3 rings (SSSR count). The first-order valence-corrected chi connectivity index (χ1v) is 8.58. The van der Waals surface area contributed by atoms with Gasteiger partial charge in [-0.05, 0) is 29.7 Å². The van der Waals surface area contributed by atoms with Crippen LogP contribution in [0.4, 0.5) is 0 Å². The second kappa shape index (κ2) is 8.34. The van der Waals surface area contributed by atoms with Crippen molar-refractivity contribution in [3.63, 3.8) is 0 Å². The molecule has 0 aliphatic carbocycles. The van der Waals surface area contributed by atoms with Crippen LogP contribution in [0, 0.1) is 0 Å². The third kappa shape index (κ3) is 4.60. The Balaban J connectivity index is 1.86. The highest BCUT2D eigenvalue weighted by Gasteiger charge is 2.11. The van der Waals surface area contributed by atoms with Crippen molar-refractivity contribution >= 4 is 5.97 Å². The molecule has 0 fully saturated rings. The molecule has 3 heteroatoms. The van der Waals surface area contributed by atoms with Crippen molar-refractivity contribution in [2.75, 3.05) is 7.11 Å². The van der Waals surface area contributed by atoms with E-state index in [1.54, 1.807) is 0 Å². The van der Waals surface area contributed by atoms with Gasteiger partial charge in [0.1, 0.15) is 0 Å². The second-order valence-electron chi connectivity index (χ2n) is 6.13. The summed E-state index contributed by atoms with van der Waals surface area (Å²) in [6, 6.07) is 25.2. The topological polar surface area (TPSA) is 31.2 Å². The Hall–Kier alpha value is -2.81. The molecule has 1 heterocycles. The first-order chi connectivity index (χ1) is 12.3. The Kier molecular flexibility index (Phi) is 5.68. The smallest absolute Gasteiger partial charge is 0.305 e. The fourth-order valence-corrected chi connectivity index (χ4v) is 3.04. The third-order valence-electron chi connectivity index (χ3n) is 4.39. The Morgan fingerprint density at radius 2 is 1.44 bits per heavy atom. The number of esters is 1. The van der Waals surface area contributed by atoms with E-state index in [2.05, 4.69) is 65.2 Å². The van der Waals surface area contributed by atoms with E-state index < -0.39 is 0 Å². The number of hydrogen-bond acceptors (Lipinski definition) is 2. The highest BCUT2D eigenvalue weighted by Crippen LogP contribution is 2.18. The Morgan fingerprint density at radius 3 is 2.08 bits per heavy atom. The molecule has 0 saturated carbocycles. The molecule has 0 amide bonds. The predicted molar refractivity (Wildman–Crippen MR) is 99.6 cm³/mol. The summed E-state index contributed by atoms with van der Waals surface area (Å²) in [4.78, 5) is 11.5. The van der Waals surface area contributed by atoms with E-state index in [0.717, 1.165) is 13.0 Å². The first kappa shape index (κ1) is 17.0. The molecule has 128 valence electrons. The van der Waals surface area contributed by atoms with Gasteiger partial charge in [-0.3, -0.25) is 4.79 Å². The standard InChI is InChI=1S/C22H23NO2/c1-25-22(24)15-14-20-12-13-21(16-18-8-4-2-5-9-18)23(20)17-19-10-6-3-7-11-19/h2-13H,14-17H2,1H3. The zero-order valence-electron chi connectivity index (χ0n) is 14.5. The SMILES string of the molecule is COC(=O)CCc1ccc(Cc2ccccc2)n1Cc1ccccc1. The fraction of sp³-hybridized carbons (Fsp3) is 0.227. The van der Waals surface area contributed by atoms with Gasteiger partial charge in [0.2, 0.25) is 0 Å². The van der Waals surface area contributed by atoms with E-state index in [1.165, 1.54) is 29.6 Å². The van der Waals surface area contributed by atoms with Gasteiger partial charge in [0.15, 0.2) is 0 Å². The van der Waals surface area contributed by atoms with Gasteiger partial charge in [-0.25, -0.2) is 0 Å². The lowest BCUT2D eigenvalue weighted by atomic mass is 10.1. The maximum absolute atomic E-state index is 11.5. The highest BCUT2D eigenvalue weighted by molar-refractivity contribution is 5.69. The van der Waals surface area contributed by atoms with Crippen molar-refractivity contribution in [3.8, 4) is 0 Å². The summed E-state index contributed by atoms with van der Waals surface area (Å²) in [5.41, 5.74) is 4.97. The number of aryl methyl sites for hydroxylation is 1. The van der Waals surface area contributed by atoms with Crippen LogP contribution in [0.25, 0.3) is 0 Å². The molecule has 0 spiro atoms. The van der Waals surface area contributed by atoms with Gasteiger partial charge in [-0.2, -0.15) is 0 Å². The van der Waals surface area contributed by atoms with Crippen molar-refractivity contribution in [3.05, 3.63) is 95.3 Å². The summed E-state index contributed by atoms with van der Waals surface area (Å²) in [7, 11) is 1.44. The largest absolute Gasteiger partial charge is 0.469 e. The Morgan fingerprint density at radius 1 is 0.840 bits per heavy atom. The van der Waals surface area contributed by atoms with Crippen LogP contribution in [-0.4, -0.2) is 17.6 Å². The molecule has 3 aromatic rings. The lowest BCUT2D eigenvalue weighted by Crippen LogP contribution is -2.11. The van der Waals surface area contributed by atoms with Gasteiger partial charge in [-0.1, -0.05) is 60.7 Å². The van der Waals surface area contributed by atoms with E-state index in [4.69, 9.17) is 4.74 Å². The van der Waals surface area contributed by atoms with E-state index in [1.807, 2.05) is 12.1 Å². The van der Waals surface area contributed by atoms with Gasteiger partial charge >= 0.3 is 5.97 Å². The van der Waals surface area contributed by atoms with Gasteiger partial charge in [0.05, 0.1) is 13.5 Å². The number of rotatable bonds is 7. The number of benzene rings is 2. The van der Waals surface area contributed by atoms with Gasteiger partial charge in [-0.15, -0.1) is 0 Å². The van der Waals surface area contributed by atoms with Crippen LogP contribution >= 0.6 is 0 Å². The molecule has 0 N–H and O–H groups in total. The Bertz CT molecular complexity index is 807. The minimum atomic E-state index is -0.169. The van der Waals surface area contributed by atoms with E-state index in [9.17, 15) is 4.79 Å². The lowest BCUT2D eigenvalue weighted by Gasteiger charge is -2.14. The monoisotopic (exact) mass is 333 g/mol. The molecular formula is C22H23NO2. The molecule has 1 aromatic heterocycles. The maximum Gasteiger partial charge on any atom is 0.305 e. The number of ether oxygens (including phenoxy) is 1. The molecule has 0 aliphatic heterocycles. The minimum Gasteiger partial charge on any atom is -0.469 e. The summed E-state index contributed by atoms with van der Waals surface area (Å²) < 4.78 is 7.11. The number of carbonyl (C=O) groups excluding carboxylic acids is 1. The zero-order valence-corrected chi connectivity index (χ0v) is 14.5. The molecule has 0 bridgehead atoms. The van der Waals surface area contributed by atoms with Crippen LogP contribution in [0.1, 0.15) is 28.9 Å². The summed E-state index contributed by atoms with van der Waals surface area (Å²) >= 11 is 0. The quantitative estimate of drug-likeness (QED) is 0.606. The first-order valence-electron chi connectivity index (χ1n) is 8.58. The van der Waals surface area contributed by atoms with Crippen LogP contribution < -0.4 is 0 Å². The molecule has 3 nitrogen and oxygen atoms in total. The predicted octanol–water partition coefficient (Wildman–Crippen LogP) is 4.23. The van der Waals surface area contributed by atoms with Crippen LogP contribution in [0.15, 0.2) is 72.8 Å². The highest BCUT2D eigenvalue weighted by atomic mass is 16.5. The van der Waals surface area contributed by atoms with Crippen molar-refractivity contribution in [1.82, 2.24) is 4.57 Å². The van der Waals surface area contributed by atoms with Crippen LogP contribution in [0.2, 0.25) is 0 Å². The molecule has 0 saturated heterocycles. The van der Waals surface area contributed by atoms with Crippen molar-refractivity contribution in [2.24, 2.45) is 0 Å². The molecule has 2 aromatic carbocycles. The minimum absolute atomic E-state index is 0.169. The molecule has 0 radical (unpaired) electrons. The molecule has 0 atom stereocenters. The van der Waals surface area contributed by atoms with Gasteiger partial charge in [0, 0.05) is 24.4 Å². The summed E-state index contributed by atoms with van der Waals surface area (Å²) in [5.74, 6) is -0.169. The van der Waals surface area contributed by atoms with E-state index in [-0.39, 0.29) is 5.97 Å². The zero-order chi connectivity index (χ0) is 17.5. The van der Waals surface area contributed by atoms with Crippen LogP contribution in [0.3, 0.4) is 0 Å². The lowest BCUT2D eigenvalue weighted by molar-refractivity contribution is -0.140. The van der Waals surface area contributed by atoms with Crippen molar-refractivity contribution in [1.29, 1.82) is 0 Å². The number of carbonyl (C=O) groups is 1. The number of nitrogens with zero attached hydrogens (tertiary/aromatic N) is 1. The summed E-state index contributed by atoms with van der Waals surface area (Å²) in [6.07, 6.45) is 1.97. The van der Waals surface area contributed by atoms with Crippen molar-refractivity contribution < 1.29 is 9.53 Å². The molecule has 25 heavy (non-hydrogen) atoms. The Labute approximate surface area is 148 Å². The van der Waals surface area contributed by atoms with E-state index >= 15 is 0 Å². The normalized spacial score (nSPS) is 10.6. The summed E-state index contributed by atoms with van der Waals surface area (Å²) in [6.45, 7) is 0.812. The van der Waals surface area contributed by atoms with Gasteiger partial charge in [0.25, 0.3) is 0 Å². The number of aromatic nitrogens is 1. The number of methoxy groups -OCH3 is 1. The average molecular weight is 333 g/mol. The average Bonchev–Trinajstić information content (AvgIpc) is 3.03. The van der Waals surface area contributed by atoms with Crippen LogP contribution in [0.5, 0.6) is 0 Å². The second-order valence-corrected chi connectivity index (χ2v) is 6.13. The van der Waals surface area contributed by atoms with E-state index in [0.29, 0.717) is 12.8 Å². The molecule has 0 unspecified atom stereocenters. The third-order valence-corrected chi connectivity index (χ3v) is 4.39.